The number of pyridine rings is 1. The number of aliphatic hydroxyl groups is 1. The Balaban J connectivity index is 1.38. The van der Waals surface area contributed by atoms with Crippen molar-refractivity contribution in [3.63, 3.8) is 0 Å². The number of fused-ring (bicyclic) bond motifs is 2. The average molecular weight is 391 g/mol. The molecule has 3 aromatic rings. The summed E-state index contributed by atoms with van der Waals surface area (Å²) in [7, 11) is 0. The first kappa shape index (κ1) is 18.2. The highest BCUT2D eigenvalue weighted by Crippen LogP contribution is 2.40. The fourth-order valence-electron chi connectivity index (χ4n) is 4.95. The third-order valence-electron chi connectivity index (χ3n) is 6.25. The van der Waals surface area contributed by atoms with Crippen LogP contribution in [0.25, 0.3) is 11.0 Å². The van der Waals surface area contributed by atoms with Crippen LogP contribution < -0.4 is 10.2 Å². The Morgan fingerprint density at radius 1 is 1.07 bits per heavy atom. The van der Waals surface area contributed by atoms with Gasteiger partial charge in [-0.1, -0.05) is 0 Å². The van der Waals surface area contributed by atoms with E-state index < -0.39 is 6.10 Å². The smallest absolute Gasteiger partial charge is 0.165 e. The summed E-state index contributed by atoms with van der Waals surface area (Å²) in [5, 5.41) is 15.1. The second-order valence-electron chi connectivity index (χ2n) is 8.28. The van der Waals surface area contributed by atoms with Gasteiger partial charge in [0.1, 0.15) is 18.0 Å². The molecule has 1 aliphatic carbocycles. The first-order chi connectivity index (χ1) is 14.1. The van der Waals surface area contributed by atoms with Crippen molar-refractivity contribution >= 4 is 22.7 Å². The van der Waals surface area contributed by atoms with Gasteiger partial charge < -0.3 is 15.3 Å². The summed E-state index contributed by atoms with van der Waals surface area (Å²) in [5.41, 5.74) is 2.88. The van der Waals surface area contributed by atoms with Crippen LogP contribution in [0.1, 0.15) is 24.1 Å². The van der Waals surface area contributed by atoms with Crippen LogP contribution in [0.4, 0.5) is 11.6 Å². The third kappa shape index (κ3) is 3.37. The number of aromatic nitrogens is 5. The number of nitrogens with one attached hydrogen (secondary N) is 1. The van der Waals surface area contributed by atoms with Crippen molar-refractivity contribution in [2.45, 2.75) is 38.8 Å². The number of hydrogen-bond acceptors (Lipinski definition) is 8. The number of rotatable bonds is 3. The topological polar surface area (TPSA) is 100.0 Å². The lowest BCUT2D eigenvalue weighted by Crippen LogP contribution is -2.43. The summed E-state index contributed by atoms with van der Waals surface area (Å²) < 4.78 is 0. The van der Waals surface area contributed by atoms with Crippen molar-refractivity contribution < 1.29 is 5.11 Å². The van der Waals surface area contributed by atoms with E-state index in [1.807, 2.05) is 6.92 Å². The molecule has 29 heavy (non-hydrogen) atoms. The number of hydrogen-bond donors (Lipinski definition) is 2. The van der Waals surface area contributed by atoms with Gasteiger partial charge in [-0.05, 0) is 50.2 Å². The quantitative estimate of drug-likeness (QED) is 0.700. The highest BCUT2D eigenvalue weighted by molar-refractivity contribution is 5.90. The molecule has 4 heterocycles. The molecule has 0 radical (unpaired) electrons. The number of aliphatic hydroxyl groups excluding tert-OH is 1. The molecular formula is C21H25N7O. The normalized spacial score (nSPS) is 26.5. The molecule has 150 valence electrons. The monoisotopic (exact) mass is 391 g/mol. The Labute approximate surface area is 169 Å². The standard InChI is InChI=1S/C21H25N7O/c1-12-5-13(2)26-20-19(12)21(25-11-24-20)28-9-14-6-16(17(29)7-15(14)10-28)27-18-8-22-3-4-23-18/h3-5,8,11,14-17,29H,6-7,9-10H2,1-2H3,(H,23,27)/t14-,15+,16-,17-/m1/s1. The van der Waals surface area contributed by atoms with Crippen molar-refractivity contribution in [1.82, 2.24) is 24.9 Å². The predicted octanol–water partition coefficient (Wildman–Crippen LogP) is 2.12. The molecule has 2 fully saturated rings. The van der Waals surface area contributed by atoms with Gasteiger partial charge in [0.05, 0.1) is 23.7 Å². The molecule has 5 rings (SSSR count). The predicted molar refractivity (Wildman–Crippen MR) is 111 cm³/mol. The molecule has 0 bridgehead atoms. The van der Waals surface area contributed by atoms with E-state index in [4.69, 9.17) is 0 Å². The molecule has 1 saturated heterocycles. The van der Waals surface area contributed by atoms with E-state index in [-0.39, 0.29) is 6.04 Å². The van der Waals surface area contributed by atoms with Gasteiger partial charge in [0, 0.05) is 31.2 Å². The van der Waals surface area contributed by atoms with Gasteiger partial charge in [-0.25, -0.2) is 19.9 Å². The molecule has 2 aliphatic rings. The number of anilines is 2. The summed E-state index contributed by atoms with van der Waals surface area (Å²) in [6.45, 7) is 5.91. The van der Waals surface area contributed by atoms with Gasteiger partial charge in [-0.3, -0.25) is 4.98 Å². The van der Waals surface area contributed by atoms with E-state index in [0.29, 0.717) is 17.7 Å². The van der Waals surface area contributed by atoms with Gasteiger partial charge in [-0.2, -0.15) is 0 Å². The van der Waals surface area contributed by atoms with Gasteiger partial charge >= 0.3 is 0 Å². The summed E-state index contributed by atoms with van der Waals surface area (Å²) >= 11 is 0. The van der Waals surface area contributed by atoms with Crippen molar-refractivity contribution in [1.29, 1.82) is 0 Å². The second kappa shape index (κ2) is 7.18. The Bertz CT molecular complexity index is 1030. The molecule has 0 aromatic carbocycles. The minimum atomic E-state index is -0.397. The molecule has 1 saturated carbocycles. The van der Waals surface area contributed by atoms with E-state index in [1.54, 1.807) is 24.9 Å². The van der Waals surface area contributed by atoms with Crippen molar-refractivity contribution in [2.24, 2.45) is 11.8 Å². The zero-order chi connectivity index (χ0) is 20.0. The Hall–Kier alpha value is -2.87. The van der Waals surface area contributed by atoms with E-state index in [0.717, 1.165) is 54.0 Å². The van der Waals surface area contributed by atoms with Gasteiger partial charge in [0.2, 0.25) is 0 Å². The van der Waals surface area contributed by atoms with Gasteiger partial charge in [0.15, 0.2) is 5.65 Å². The first-order valence-electron chi connectivity index (χ1n) is 10.1. The van der Waals surface area contributed by atoms with Crippen molar-refractivity contribution in [3.05, 3.63) is 42.2 Å². The van der Waals surface area contributed by atoms with Crippen LogP contribution in [0, 0.1) is 25.7 Å². The van der Waals surface area contributed by atoms with E-state index in [9.17, 15) is 5.11 Å². The first-order valence-corrected chi connectivity index (χ1v) is 10.1. The zero-order valence-corrected chi connectivity index (χ0v) is 16.7. The van der Waals surface area contributed by atoms with E-state index >= 15 is 0 Å². The lowest BCUT2D eigenvalue weighted by Gasteiger charge is -2.35. The molecule has 1 aliphatic heterocycles. The molecular weight excluding hydrogens is 366 g/mol. The highest BCUT2D eigenvalue weighted by atomic mass is 16.3. The molecule has 3 aromatic heterocycles. The summed E-state index contributed by atoms with van der Waals surface area (Å²) in [5.74, 6) is 2.62. The average Bonchev–Trinajstić information content (AvgIpc) is 3.11. The van der Waals surface area contributed by atoms with Crippen LogP contribution in [-0.2, 0) is 0 Å². The van der Waals surface area contributed by atoms with Crippen LogP contribution in [0.15, 0.2) is 31.0 Å². The van der Waals surface area contributed by atoms with Crippen LogP contribution in [0.3, 0.4) is 0 Å². The summed E-state index contributed by atoms with van der Waals surface area (Å²) in [6.07, 6.45) is 7.90. The fourth-order valence-corrected chi connectivity index (χ4v) is 4.95. The van der Waals surface area contributed by atoms with Gasteiger partial charge in [0.25, 0.3) is 0 Å². The third-order valence-corrected chi connectivity index (χ3v) is 6.25. The lowest BCUT2D eigenvalue weighted by atomic mass is 9.77. The maximum absolute atomic E-state index is 10.7. The lowest BCUT2D eigenvalue weighted by molar-refractivity contribution is 0.0737. The largest absolute Gasteiger partial charge is 0.391 e. The zero-order valence-electron chi connectivity index (χ0n) is 16.7. The molecule has 8 nitrogen and oxygen atoms in total. The van der Waals surface area contributed by atoms with Crippen molar-refractivity contribution in [3.8, 4) is 0 Å². The molecule has 0 unspecified atom stereocenters. The number of aryl methyl sites for hydroxylation is 2. The van der Waals surface area contributed by atoms with Gasteiger partial charge in [-0.15, -0.1) is 0 Å². The minimum absolute atomic E-state index is 0.0129. The maximum Gasteiger partial charge on any atom is 0.165 e. The van der Waals surface area contributed by atoms with Crippen LogP contribution in [0.2, 0.25) is 0 Å². The minimum Gasteiger partial charge on any atom is -0.391 e. The van der Waals surface area contributed by atoms with E-state index in [1.165, 1.54) is 0 Å². The van der Waals surface area contributed by atoms with Crippen LogP contribution in [-0.4, -0.2) is 55.3 Å². The Morgan fingerprint density at radius 3 is 2.69 bits per heavy atom. The fraction of sp³-hybridized carbons (Fsp3) is 0.476. The number of nitrogens with zero attached hydrogens (tertiary/aromatic N) is 6. The summed E-state index contributed by atoms with van der Waals surface area (Å²) in [6, 6.07) is 2.07. The summed E-state index contributed by atoms with van der Waals surface area (Å²) in [4.78, 5) is 24.3. The Morgan fingerprint density at radius 2 is 1.90 bits per heavy atom. The highest BCUT2D eigenvalue weighted by Gasteiger charge is 2.42. The molecule has 2 N–H and O–H groups in total. The molecule has 8 heteroatoms. The van der Waals surface area contributed by atoms with Crippen molar-refractivity contribution in [2.75, 3.05) is 23.3 Å². The maximum atomic E-state index is 10.7. The van der Waals surface area contributed by atoms with E-state index in [2.05, 4.69) is 48.1 Å². The Kier molecular flexibility index (Phi) is 4.50. The van der Waals surface area contributed by atoms with Crippen LogP contribution >= 0.6 is 0 Å². The van der Waals surface area contributed by atoms with Crippen LogP contribution in [0.5, 0.6) is 0 Å². The molecule has 0 spiro atoms. The molecule has 4 atom stereocenters. The molecule has 0 amide bonds. The second-order valence-corrected chi connectivity index (χ2v) is 8.28. The SMILES string of the molecule is Cc1cc(C)c2c(N3C[C@H]4C[C@@H](Nc5cnccn5)[C@H](O)C[C@H]4C3)ncnc2n1.